The first kappa shape index (κ1) is 19.2. The van der Waals surface area contributed by atoms with E-state index in [0.717, 1.165) is 15.5 Å². The Morgan fingerprint density at radius 1 is 1.19 bits per heavy atom. The summed E-state index contributed by atoms with van der Waals surface area (Å²) in [5.74, 6) is 1.99. The van der Waals surface area contributed by atoms with Gasteiger partial charge in [-0.2, -0.15) is 4.37 Å². The Kier molecular flexibility index (Phi) is 6.31. The van der Waals surface area contributed by atoms with Crippen molar-refractivity contribution < 1.29 is 14.3 Å². The third kappa shape index (κ3) is 4.78. The van der Waals surface area contributed by atoms with Crippen LogP contribution in [0.3, 0.4) is 0 Å². The van der Waals surface area contributed by atoms with Gasteiger partial charge in [-0.3, -0.25) is 4.79 Å². The normalized spacial score (nSPS) is 10.5. The van der Waals surface area contributed by atoms with Crippen molar-refractivity contribution in [1.82, 2.24) is 9.36 Å². The van der Waals surface area contributed by atoms with Gasteiger partial charge < -0.3 is 14.8 Å². The van der Waals surface area contributed by atoms with Gasteiger partial charge in [-0.25, -0.2) is 4.98 Å². The number of thioether (sulfide) groups is 1. The maximum atomic E-state index is 12.3. The number of hydrogen-bond acceptors (Lipinski definition) is 7. The summed E-state index contributed by atoms with van der Waals surface area (Å²) >= 11 is 2.65. The number of methoxy groups -OCH3 is 2. The molecule has 0 saturated heterocycles. The number of ether oxygens (including phenoxy) is 2. The molecule has 0 aliphatic heterocycles. The molecular formula is C19H19N3O3S2. The monoisotopic (exact) mass is 401 g/mol. The maximum Gasteiger partial charge on any atom is 0.234 e. The average Bonchev–Trinajstić information content (AvgIpc) is 3.16. The van der Waals surface area contributed by atoms with E-state index >= 15 is 0 Å². The molecule has 0 bridgehead atoms. The van der Waals surface area contributed by atoms with Gasteiger partial charge in [-0.05, 0) is 36.2 Å². The molecular weight excluding hydrogens is 382 g/mol. The second-order valence-corrected chi connectivity index (χ2v) is 7.58. The predicted molar refractivity (Wildman–Crippen MR) is 109 cm³/mol. The minimum absolute atomic E-state index is 0.142. The van der Waals surface area contributed by atoms with Crippen LogP contribution in [-0.2, 0) is 4.79 Å². The minimum Gasteiger partial charge on any atom is -0.497 e. The van der Waals surface area contributed by atoms with Crippen molar-refractivity contribution >= 4 is 34.9 Å². The zero-order valence-electron chi connectivity index (χ0n) is 15.2. The summed E-state index contributed by atoms with van der Waals surface area (Å²) < 4.78 is 15.6. The molecule has 0 aliphatic rings. The van der Waals surface area contributed by atoms with Gasteiger partial charge in [0.1, 0.15) is 11.5 Å². The molecule has 0 saturated carbocycles. The van der Waals surface area contributed by atoms with Gasteiger partial charge in [-0.15, -0.1) is 0 Å². The summed E-state index contributed by atoms with van der Waals surface area (Å²) in [6, 6.07) is 13.2. The van der Waals surface area contributed by atoms with Gasteiger partial charge in [0.15, 0.2) is 10.2 Å². The molecule has 0 spiro atoms. The van der Waals surface area contributed by atoms with E-state index in [1.165, 1.54) is 23.3 Å². The Bertz CT molecular complexity index is 943. The third-order valence-electron chi connectivity index (χ3n) is 3.80. The van der Waals surface area contributed by atoms with Crippen LogP contribution in [0.2, 0.25) is 0 Å². The van der Waals surface area contributed by atoms with Crippen LogP contribution in [0.25, 0.3) is 11.4 Å². The van der Waals surface area contributed by atoms with Crippen molar-refractivity contribution in [2.75, 3.05) is 25.3 Å². The molecule has 1 aromatic heterocycles. The number of anilines is 1. The Morgan fingerprint density at radius 2 is 2.00 bits per heavy atom. The fourth-order valence-electron chi connectivity index (χ4n) is 2.42. The maximum absolute atomic E-state index is 12.3. The first-order valence-corrected chi connectivity index (χ1v) is 9.91. The number of hydrogen-bond donors (Lipinski definition) is 1. The van der Waals surface area contributed by atoms with Crippen LogP contribution >= 0.6 is 23.3 Å². The largest absolute Gasteiger partial charge is 0.497 e. The molecule has 6 nitrogen and oxygen atoms in total. The van der Waals surface area contributed by atoms with Crippen LogP contribution in [0.5, 0.6) is 11.5 Å². The van der Waals surface area contributed by atoms with Gasteiger partial charge in [0.2, 0.25) is 5.91 Å². The second kappa shape index (κ2) is 8.88. The van der Waals surface area contributed by atoms with Gasteiger partial charge in [0.05, 0.1) is 25.7 Å². The molecule has 1 amide bonds. The molecule has 1 heterocycles. The standard InChI is InChI=1S/C19H19N3O3S2/c1-12-6-4-5-7-14(12)18-21-19(27-22-18)26-11-17(23)20-15-9-8-13(24-2)10-16(15)25-3/h4-10H,11H2,1-3H3,(H,20,23). The Hall–Kier alpha value is -2.58. The quantitative estimate of drug-likeness (QED) is 0.596. The van der Waals surface area contributed by atoms with Crippen molar-refractivity contribution in [2.24, 2.45) is 0 Å². The summed E-state index contributed by atoms with van der Waals surface area (Å²) in [7, 11) is 3.13. The molecule has 27 heavy (non-hydrogen) atoms. The van der Waals surface area contributed by atoms with Gasteiger partial charge >= 0.3 is 0 Å². The van der Waals surface area contributed by atoms with E-state index in [2.05, 4.69) is 14.7 Å². The number of carbonyl (C=O) groups excluding carboxylic acids is 1. The van der Waals surface area contributed by atoms with E-state index in [1.807, 2.05) is 31.2 Å². The summed E-state index contributed by atoms with van der Waals surface area (Å²) in [5.41, 5.74) is 2.73. The highest BCUT2D eigenvalue weighted by Crippen LogP contribution is 2.30. The van der Waals surface area contributed by atoms with Crippen LogP contribution < -0.4 is 14.8 Å². The van der Waals surface area contributed by atoms with Crippen LogP contribution in [0.4, 0.5) is 5.69 Å². The highest BCUT2D eigenvalue weighted by Gasteiger charge is 2.13. The molecule has 1 N–H and O–H groups in total. The first-order valence-electron chi connectivity index (χ1n) is 8.15. The Labute approximate surface area is 166 Å². The average molecular weight is 402 g/mol. The van der Waals surface area contributed by atoms with Crippen molar-refractivity contribution in [3.63, 3.8) is 0 Å². The second-order valence-electron chi connectivity index (χ2n) is 5.60. The lowest BCUT2D eigenvalue weighted by molar-refractivity contribution is -0.113. The fourth-order valence-corrected chi connectivity index (χ4v) is 3.82. The summed E-state index contributed by atoms with van der Waals surface area (Å²) in [6.07, 6.45) is 0. The van der Waals surface area contributed by atoms with E-state index in [1.54, 1.807) is 32.4 Å². The number of aryl methyl sites for hydroxylation is 1. The summed E-state index contributed by atoms with van der Waals surface area (Å²) in [4.78, 5) is 16.8. The van der Waals surface area contributed by atoms with Crippen LogP contribution in [0, 0.1) is 6.92 Å². The lowest BCUT2D eigenvalue weighted by Crippen LogP contribution is -2.14. The van der Waals surface area contributed by atoms with Crippen molar-refractivity contribution in [2.45, 2.75) is 11.3 Å². The zero-order valence-corrected chi connectivity index (χ0v) is 16.8. The van der Waals surface area contributed by atoms with Crippen molar-refractivity contribution in [3.05, 3.63) is 48.0 Å². The molecule has 8 heteroatoms. The predicted octanol–water partition coefficient (Wildman–Crippen LogP) is 4.26. The SMILES string of the molecule is COc1ccc(NC(=O)CSc2nc(-c3ccccc3C)ns2)c(OC)c1. The summed E-state index contributed by atoms with van der Waals surface area (Å²) in [5, 5.41) is 2.85. The molecule has 140 valence electrons. The van der Waals surface area contributed by atoms with E-state index < -0.39 is 0 Å². The van der Waals surface area contributed by atoms with E-state index in [9.17, 15) is 4.79 Å². The van der Waals surface area contributed by atoms with Gasteiger partial charge in [-0.1, -0.05) is 36.0 Å². The minimum atomic E-state index is -0.142. The van der Waals surface area contributed by atoms with Gasteiger partial charge in [0.25, 0.3) is 0 Å². The zero-order chi connectivity index (χ0) is 19.2. The van der Waals surface area contributed by atoms with E-state index in [4.69, 9.17) is 9.47 Å². The molecule has 0 radical (unpaired) electrons. The number of nitrogens with one attached hydrogen (secondary N) is 1. The highest BCUT2D eigenvalue weighted by molar-refractivity contribution is 8.01. The van der Waals surface area contributed by atoms with Crippen LogP contribution in [0.15, 0.2) is 46.8 Å². The van der Waals surface area contributed by atoms with Crippen LogP contribution in [-0.4, -0.2) is 35.2 Å². The number of nitrogens with zero attached hydrogens (tertiary/aromatic N) is 2. The van der Waals surface area contributed by atoms with Crippen molar-refractivity contribution in [3.8, 4) is 22.9 Å². The lowest BCUT2D eigenvalue weighted by Gasteiger charge is -2.11. The molecule has 3 rings (SSSR count). The van der Waals surface area contributed by atoms with Gasteiger partial charge in [0, 0.05) is 11.6 Å². The molecule has 0 aliphatic carbocycles. The fraction of sp³-hybridized carbons (Fsp3) is 0.211. The lowest BCUT2D eigenvalue weighted by atomic mass is 10.1. The highest BCUT2D eigenvalue weighted by atomic mass is 32.2. The molecule has 0 atom stereocenters. The van der Waals surface area contributed by atoms with E-state index in [-0.39, 0.29) is 11.7 Å². The molecule has 0 fully saturated rings. The Morgan fingerprint density at radius 3 is 2.74 bits per heavy atom. The third-order valence-corrected chi connectivity index (χ3v) is 5.64. The molecule has 3 aromatic rings. The van der Waals surface area contributed by atoms with E-state index in [0.29, 0.717) is 23.0 Å². The topological polar surface area (TPSA) is 73.3 Å². The number of benzene rings is 2. The number of rotatable bonds is 7. The molecule has 2 aromatic carbocycles. The number of carbonyl (C=O) groups is 1. The molecule has 0 unspecified atom stereocenters. The van der Waals surface area contributed by atoms with Crippen molar-refractivity contribution in [1.29, 1.82) is 0 Å². The number of aromatic nitrogens is 2. The summed E-state index contributed by atoms with van der Waals surface area (Å²) in [6.45, 7) is 2.03. The smallest absolute Gasteiger partial charge is 0.234 e. The first-order chi connectivity index (χ1) is 13.1. The number of amides is 1. The Balaban J connectivity index is 1.61. The van der Waals surface area contributed by atoms with Crippen LogP contribution in [0.1, 0.15) is 5.56 Å².